The highest BCUT2D eigenvalue weighted by molar-refractivity contribution is 5.90. The van der Waals surface area contributed by atoms with Crippen molar-refractivity contribution in [1.82, 2.24) is 34.0 Å². The van der Waals surface area contributed by atoms with E-state index < -0.39 is 0 Å². The molecule has 1 fully saturated rings. The molecule has 29 heavy (non-hydrogen) atoms. The predicted molar refractivity (Wildman–Crippen MR) is 104 cm³/mol. The summed E-state index contributed by atoms with van der Waals surface area (Å²) in [6, 6.07) is 8.00. The van der Waals surface area contributed by atoms with E-state index in [1.165, 1.54) is 11.0 Å². The number of nitrogens with zero attached hydrogens (tertiary/aromatic N) is 7. The Morgan fingerprint density at radius 1 is 1.17 bits per heavy atom. The molecule has 9 nitrogen and oxygen atoms in total. The molecule has 0 aromatic carbocycles. The lowest BCUT2D eigenvalue weighted by Gasteiger charge is -2.31. The quantitative estimate of drug-likeness (QED) is 0.530. The van der Waals surface area contributed by atoms with E-state index in [-0.39, 0.29) is 17.8 Å². The van der Waals surface area contributed by atoms with Crippen molar-refractivity contribution in [2.24, 2.45) is 7.05 Å². The van der Waals surface area contributed by atoms with Crippen LogP contribution in [0.15, 0.2) is 55.5 Å². The van der Waals surface area contributed by atoms with E-state index in [0.717, 1.165) is 22.3 Å². The van der Waals surface area contributed by atoms with Crippen LogP contribution in [0.1, 0.15) is 22.4 Å². The van der Waals surface area contributed by atoms with Crippen molar-refractivity contribution in [2.45, 2.75) is 6.10 Å². The topological polar surface area (TPSA) is 90.4 Å². The summed E-state index contributed by atoms with van der Waals surface area (Å²) in [4.78, 5) is 27.2. The molecule has 0 aliphatic carbocycles. The minimum Gasteiger partial charge on any atom is -0.368 e. The number of carbonyl (C=O) groups is 1. The van der Waals surface area contributed by atoms with E-state index in [1.54, 1.807) is 24.5 Å². The lowest BCUT2D eigenvalue weighted by Crippen LogP contribution is -2.42. The van der Waals surface area contributed by atoms with Gasteiger partial charge >= 0.3 is 0 Å². The van der Waals surface area contributed by atoms with Crippen LogP contribution in [-0.2, 0) is 11.8 Å². The lowest BCUT2D eigenvalue weighted by atomic mass is 10.1. The van der Waals surface area contributed by atoms with Crippen LogP contribution in [0.5, 0.6) is 0 Å². The van der Waals surface area contributed by atoms with Gasteiger partial charge in [-0.25, -0.2) is 9.97 Å². The normalized spacial score (nSPS) is 17.0. The van der Waals surface area contributed by atoms with E-state index in [9.17, 15) is 4.79 Å². The van der Waals surface area contributed by atoms with Gasteiger partial charge in [0, 0.05) is 37.7 Å². The van der Waals surface area contributed by atoms with Crippen molar-refractivity contribution in [1.29, 1.82) is 0 Å². The number of hydrogen-bond donors (Lipinski definition) is 0. The Kier molecular flexibility index (Phi) is 4.28. The zero-order valence-electron chi connectivity index (χ0n) is 15.8. The Hall–Kier alpha value is -3.59. The first-order chi connectivity index (χ1) is 14.2. The number of amides is 1. The molecule has 146 valence electrons. The van der Waals surface area contributed by atoms with Gasteiger partial charge in [0.05, 0.1) is 30.7 Å². The van der Waals surface area contributed by atoms with Crippen molar-refractivity contribution in [3.8, 4) is 11.1 Å². The Labute approximate surface area is 166 Å². The van der Waals surface area contributed by atoms with Crippen LogP contribution in [0.25, 0.3) is 16.6 Å². The van der Waals surface area contributed by atoms with E-state index in [1.807, 2.05) is 41.1 Å². The average molecular weight is 389 g/mol. The maximum Gasteiger partial charge on any atom is 0.293 e. The minimum atomic E-state index is -0.300. The van der Waals surface area contributed by atoms with Gasteiger partial charge in [-0.15, -0.1) is 5.10 Å². The van der Waals surface area contributed by atoms with Gasteiger partial charge in [0.15, 0.2) is 0 Å². The standard InChI is InChI=1S/C20H19N7O2/c1-25-12-23-19(24-25)20(28)26-7-8-29-17(11-26)18-16-5-4-15(10-27(16)13-22-18)14-3-2-6-21-9-14/h2-6,9-10,12-13,17H,7-8,11H2,1H3/t17-/m0/s1. The lowest BCUT2D eigenvalue weighted by molar-refractivity contribution is -0.0243. The van der Waals surface area contributed by atoms with Gasteiger partial charge in [-0.05, 0) is 17.7 Å². The summed E-state index contributed by atoms with van der Waals surface area (Å²) in [5, 5.41) is 4.11. The van der Waals surface area contributed by atoms with Crippen LogP contribution in [-0.4, -0.2) is 59.6 Å². The number of carbonyl (C=O) groups excluding carboxylic acids is 1. The summed E-state index contributed by atoms with van der Waals surface area (Å²) in [6.45, 7) is 1.36. The molecule has 1 amide bonds. The fourth-order valence-corrected chi connectivity index (χ4v) is 3.55. The number of morpholine rings is 1. The highest BCUT2D eigenvalue weighted by Crippen LogP contribution is 2.27. The van der Waals surface area contributed by atoms with Crippen molar-refractivity contribution >= 4 is 11.4 Å². The number of imidazole rings is 1. The summed E-state index contributed by atoms with van der Waals surface area (Å²) in [7, 11) is 1.74. The summed E-state index contributed by atoms with van der Waals surface area (Å²) >= 11 is 0. The molecule has 1 atom stereocenters. The number of fused-ring (bicyclic) bond motifs is 1. The van der Waals surface area contributed by atoms with Crippen LogP contribution in [0, 0.1) is 0 Å². The summed E-state index contributed by atoms with van der Waals surface area (Å²) in [5.41, 5.74) is 3.86. The molecule has 0 spiro atoms. The van der Waals surface area contributed by atoms with Crippen LogP contribution in [0.4, 0.5) is 0 Å². The molecule has 4 aromatic heterocycles. The van der Waals surface area contributed by atoms with Crippen molar-refractivity contribution in [3.63, 3.8) is 0 Å². The van der Waals surface area contributed by atoms with E-state index >= 15 is 0 Å². The highest BCUT2D eigenvalue weighted by Gasteiger charge is 2.30. The van der Waals surface area contributed by atoms with E-state index in [0.29, 0.717) is 19.7 Å². The first kappa shape index (κ1) is 17.5. The molecule has 5 heterocycles. The molecule has 1 aliphatic rings. The van der Waals surface area contributed by atoms with E-state index in [2.05, 4.69) is 20.1 Å². The van der Waals surface area contributed by atoms with Crippen LogP contribution >= 0.6 is 0 Å². The molecule has 0 N–H and O–H groups in total. The maximum atomic E-state index is 12.7. The fourth-order valence-electron chi connectivity index (χ4n) is 3.55. The third-order valence-electron chi connectivity index (χ3n) is 5.01. The van der Waals surface area contributed by atoms with Crippen LogP contribution < -0.4 is 0 Å². The monoisotopic (exact) mass is 389 g/mol. The molecule has 0 bridgehead atoms. The van der Waals surface area contributed by atoms with Crippen molar-refractivity contribution in [3.05, 3.63) is 67.0 Å². The molecular weight excluding hydrogens is 370 g/mol. The third kappa shape index (κ3) is 3.25. The first-order valence-electron chi connectivity index (χ1n) is 9.32. The fraction of sp³-hybridized carbons (Fsp3) is 0.250. The van der Waals surface area contributed by atoms with Gasteiger partial charge in [-0.1, -0.05) is 12.1 Å². The van der Waals surface area contributed by atoms with Crippen LogP contribution in [0.3, 0.4) is 0 Å². The molecule has 1 aliphatic heterocycles. The minimum absolute atomic E-state index is 0.193. The largest absolute Gasteiger partial charge is 0.368 e. The number of aryl methyl sites for hydroxylation is 1. The Morgan fingerprint density at radius 3 is 2.90 bits per heavy atom. The van der Waals surface area contributed by atoms with Crippen LogP contribution in [0.2, 0.25) is 0 Å². The second-order valence-corrected chi connectivity index (χ2v) is 6.93. The number of rotatable bonds is 3. The number of hydrogen-bond acceptors (Lipinski definition) is 6. The molecule has 0 saturated carbocycles. The maximum absolute atomic E-state index is 12.7. The average Bonchev–Trinajstić information content (AvgIpc) is 3.39. The van der Waals surface area contributed by atoms with Gasteiger partial charge in [0.2, 0.25) is 5.82 Å². The third-order valence-corrected chi connectivity index (χ3v) is 5.01. The summed E-state index contributed by atoms with van der Waals surface area (Å²) in [6.07, 6.45) is 8.60. The Balaban J connectivity index is 1.41. The molecule has 4 aromatic rings. The molecule has 5 rings (SSSR count). The number of pyridine rings is 2. The van der Waals surface area contributed by atoms with Crippen molar-refractivity contribution in [2.75, 3.05) is 19.7 Å². The van der Waals surface area contributed by atoms with E-state index in [4.69, 9.17) is 4.74 Å². The number of ether oxygens (including phenoxy) is 1. The second kappa shape index (κ2) is 7.10. The van der Waals surface area contributed by atoms with Crippen molar-refractivity contribution < 1.29 is 9.53 Å². The number of aromatic nitrogens is 6. The second-order valence-electron chi connectivity index (χ2n) is 6.93. The Bertz CT molecular complexity index is 1170. The molecule has 0 radical (unpaired) electrons. The smallest absolute Gasteiger partial charge is 0.293 e. The SMILES string of the molecule is Cn1cnc(C(=O)N2CCO[C@H](c3ncn4cc(-c5cccnc5)ccc34)C2)n1. The Morgan fingerprint density at radius 2 is 2.10 bits per heavy atom. The van der Waals surface area contributed by atoms with Gasteiger partial charge in [-0.3, -0.25) is 14.5 Å². The molecule has 0 unspecified atom stereocenters. The van der Waals surface area contributed by atoms with Gasteiger partial charge in [0.25, 0.3) is 5.91 Å². The summed E-state index contributed by atoms with van der Waals surface area (Å²) in [5.74, 6) is 0.00485. The zero-order valence-corrected chi connectivity index (χ0v) is 15.8. The molecule has 1 saturated heterocycles. The zero-order chi connectivity index (χ0) is 19.8. The van der Waals surface area contributed by atoms with Gasteiger partial charge in [-0.2, -0.15) is 0 Å². The molecule has 9 heteroatoms. The van der Waals surface area contributed by atoms with Gasteiger partial charge < -0.3 is 14.0 Å². The van der Waals surface area contributed by atoms with Gasteiger partial charge in [0.1, 0.15) is 12.4 Å². The first-order valence-corrected chi connectivity index (χ1v) is 9.32. The summed E-state index contributed by atoms with van der Waals surface area (Å²) < 4.78 is 9.44. The highest BCUT2D eigenvalue weighted by atomic mass is 16.5. The predicted octanol–water partition coefficient (Wildman–Crippen LogP) is 1.74. The molecular formula is C20H19N7O2.